The summed E-state index contributed by atoms with van der Waals surface area (Å²) in [6, 6.07) is 6.34. The molecule has 0 unspecified atom stereocenters. The van der Waals surface area contributed by atoms with Crippen molar-refractivity contribution in [2.24, 2.45) is 35.0 Å². The van der Waals surface area contributed by atoms with Gasteiger partial charge >= 0.3 is 0 Å². The minimum absolute atomic E-state index is 0.252. The van der Waals surface area contributed by atoms with Gasteiger partial charge in [0.15, 0.2) is 0 Å². The molecule has 168 valence electrons. The molecule has 0 aromatic heterocycles. The van der Waals surface area contributed by atoms with Crippen molar-refractivity contribution < 1.29 is 9.53 Å². The number of fused-ring (bicyclic) bond motifs is 1. The molecule has 0 aliphatic heterocycles. The molecule has 2 aliphatic carbocycles. The number of carbonyl (C=O) groups excluding carboxylic acids is 1. The zero-order chi connectivity index (χ0) is 21.9. The molecule has 1 aromatic rings. The van der Waals surface area contributed by atoms with E-state index in [0.29, 0.717) is 17.1 Å². The number of methoxy groups -OCH3 is 1. The van der Waals surface area contributed by atoms with Gasteiger partial charge in [-0.3, -0.25) is 4.79 Å². The fourth-order valence-electron chi connectivity index (χ4n) is 6.83. The van der Waals surface area contributed by atoms with Crippen LogP contribution < -0.4 is 4.74 Å². The Morgan fingerprint density at radius 2 is 1.93 bits per heavy atom. The number of hydrogen-bond acceptors (Lipinski definition) is 2. The van der Waals surface area contributed by atoms with Crippen LogP contribution in [-0.4, -0.2) is 12.9 Å². The fourth-order valence-corrected chi connectivity index (χ4v) is 6.83. The van der Waals surface area contributed by atoms with Crippen LogP contribution in [0.5, 0.6) is 5.75 Å². The Bertz CT molecular complexity index is 721. The molecule has 0 heterocycles. The molecule has 0 amide bonds. The first kappa shape index (κ1) is 23.4. The third-order valence-electron chi connectivity index (χ3n) is 8.70. The number of carbonyl (C=O) groups is 1. The Morgan fingerprint density at radius 3 is 2.63 bits per heavy atom. The second-order valence-corrected chi connectivity index (χ2v) is 11.0. The number of rotatable bonds is 9. The highest BCUT2D eigenvalue weighted by Crippen LogP contribution is 2.60. The molecular weight excluding hydrogens is 368 g/mol. The van der Waals surface area contributed by atoms with E-state index < -0.39 is 0 Å². The molecule has 0 radical (unpaired) electrons. The summed E-state index contributed by atoms with van der Waals surface area (Å²) in [6.45, 7) is 11.9. The van der Waals surface area contributed by atoms with Gasteiger partial charge in [0.1, 0.15) is 11.5 Å². The van der Waals surface area contributed by atoms with Gasteiger partial charge in [0.25, 0.3) is 0 Å². The van der Waals surface area contributed by atoms with E-state index in [2.05, 4.69) is 46.8 Å². The summed E-state index contributed by atoms with van der Waals surface area (Å²) >= 11 is 0. The van der Waals surface area contributed by atoms with E-state index in [9.17, 15) is 4.79 Å². The number of Topliss-reactive ketones (excluding diaryl/α,β-unsaturated/α-hetero) is 1. The largest absolute Gasteiger partial charge is 0.497 e. The lowest BCUT2D eigenvalue weighted by Gasteiger charge is -2.46. The third-order valence-corrected chi connectivity index (χ3v) is 8.70. The van der Waals surface area contributed by atoms with Crippen molar-refractivity contribution in [1.82, 2.24) is 0 Å². The highest BCUT2D eigenvalue weighted by Gasteiger charge is 2.54. The van der Waals surface area contributed by atoms with E-state index in [-0.39, 0.29) is 5.92 Å². The Kier molecular flexibility index (Phi) is 7.69. The molecule has 0 N–H and O–H groups in total. The van der Waals surface area contributed by atoms with E-state index in [0.717, 1.165) is 49.2 Å². The SMILES string of the molecule is COc1ccc(C)c(CC[C@H]2C(=O)CC[C@]3(C)[C@@H]([C@H](C)CCCC(C)C)CC[C@H]23)c1. The second kappa shape index (κ2) is 9.88. The van der Waals surface area contributed by atoms with Gasteiger partial charge in [0, 0.05) is 12.3 Å². The van der Waals surface area contributed by atoms with Crippen LogP contribution >= 0.6 is 0 Å². The molecule has 0 saturated heterocycles. The first-order chi connectivity index (χ1) is 14.3. The second-order valence-electron chi connectivity index (χ2n) is 11.0. The molecule has 0 bridgehead atoms. The van der Waals surface area contributed by atoms with Crippen LogP contribution in [0, 0.1) is 41.9 Å². The fraction of sp³-hybridized carbons (Fsp3) is 0.750. The Balaban J connectivity index is 1.68. The number of benzene rings is 1. The molecule has 30 heavy (non-hydrogen) atoms. The summed E-state index contributed by atoms with van der Waals surface area (Å²) in [5, 5.41) is 0. The highest BCUT2D eigenvalue weighted by molar-refractivity contribution is 5.82. The maximum absolute atomic E-state index is 13.0. The van der Waals surface area contributed by atoms with Gasteiger partial charge in [-0.05, 0) is 91.4 Å². The molecule has 2 fully saturated rings. The first-order valence-corrected chi connectivity index (χ1v) is 12.4. The van der Waals surface area contributed by atoms with E-state index in [1.54, 1.807) is 7.11 Å². The Labute approximate surface area is 185 Å². The average molecular weight is 413 g/mol. The predicted molar refractivity (Wildman–Crippen MR) is 126 cm³/mol. The van der Waals surface area contributed by atoms with Gasteiger partial charge in [-0.1, -0.05) is 53.0 Å². The lowest BCUT2D eigenvalue weighted by atomic mass is 9.58. The van der Waals surface area contributed by atoms with Crippen molar-refractivity contribution in [3.05, 3.63) is 29.3 Å². The van der Waals surface area contributed by atoms with Crippen LogP contribution in [0.15, 0.2) is 18.2 Å². The van der Waals surface area contributed by atoms with Gasteiger partial charge in [-0.2, -0.15) is 0 Å². The lowest BCUT2D eigenvalue weighted by molar-refractivity contribution is -0.132. The van der Waals surface area contributed by atoms with Gasteiger partial charge < -0.3 is 4.74 Å². The van der Waals surface area contributed by atoms with Crippen LogP contribution in [0.3, 0.4) is 0 Å². The minimum atomic E-state index is 0.252. The third kappa shape index (κ3) is 4.94. The van der Waals surface area contributed by atoms with Crippen molar-refractivity contribution in [2.75, 3.05) is 7.11 Å². The zero-order valence-corrected chi connectivity index (χ0v) is 20.3. The topological polar surface area (TPSA) is 26.3 Å². The first-order valence-electron chi connectivity index (χ1n) is 12.4. The van der Waals surface area contributed by atoms with E-state index in [4.69, 9.17) is 4.74 Å². The number of ketones is 1. The van der Waals surface area contributed by atoms with Gasteiger partial charge in [0.2, 0.25) is 0 Å². The standard InChI is InChI=1S/C28H44O2/c1-19(2)8-7-9-21(4)25-14-15-26-24(27(29)16-17-28(25,26)5)13-11-22-18-23(30-6)12-10-20(22)3/h10,12,18-19,21,24-26H,7-9,11,13-17H2,1-6H3/t21-,24-,25-,26-,28-/m1/s1. The van der Waals surface area contributed by atoms with E-state index >= 15 is 0 Å². The van der Waals surface area contributed by atoms with Gasteiger partial charge in [-0.15, -0.1) is 0 Å². The van der Waals surface area contributed by atoms with Crippen LogP contribution in [0.4, 0.5) is 0 Å². The Morgan fingerprint density at radius 1 is 1.17 bits per heavy atom. The molecule has 3 rings (SSSR count). The summed E-state index contributed by atoms with van der Waals surface area (Å²) in [5.41, 5.74) is 3.01. The molecule has 1 aromatic carbocycles. The van der Waals surface area contributed by atoms with Crippen LogP contribution in [0.1, 0.15) is 90.2 Å². The number of aryl methyl sites for hydroxylation is 2. The van der Waals surface area contributed by atoms with E-state index in [1.165, 1.54) is 43.2 Å². The summed E-state index contributed by atoms with van der Waals surface area (Å²) in [5.74, 6) is 4.68. The molecular formula is C28H44O2. The van der Waals surface area contributed by atoms with Crippen molar-refractivity contribution in [2.45, 2.75) is 92.4 Å². The molecule has 0 spiro atoms. The smallest absolute Gasteiger partial charge is 0.136 e. The normalized spacial score (nSPS) is 29.8. The quantitative estimate of drug-likeness (QED) is 0.422. The monoisotopic (exact) mass is 412 g/mol. The van der Waals surface area contributed by atoms with Crippen LogP contribution in [0.25, 0.3) is 0 Å². The molecule has 2 aliphatic rings. The minimum Gasteiger partial charge on any atom is -0.497 e. The Hall–Kier alpha value is -1.31. The van der Waals surface area contributed by atoms with E-state index in [1.807, 2.05) is 6.07 Å². The molecule has 2 heteroatoms. The number of hydrogen-bond donors (Lipinski definition) is 0. The van der Waals surface area contributed by atoms with Crippen LogP contribution in [-0.2, 0) is 11.2 Å². The van der Waals surface area contributed by atoms with Crippen molar-refractivity contribution >= 4 is 5.78 Å². The average Bonchev–Trinajstić information content (AvgIpc) is 3.05. The van der Waals surface area contributed by atoms with Crippen molar-refractivity contribution in [3.63, 3.8) is 0 Å². The molecule has 5 atom stereocenters. The number of ether oxygens (including phenoxy) is 1. The van der Waals surface area contributed by atoms with Crippen LogP contribution in [0.2, 0.25) is 0 Å². The van der Waals surface area contributed by atoms with Crippen molar-refractivity contribution in [1.29, 1.82) is 0 Å². The predicted octanol–water partition coefficient (Wildman–Crippen LogP) is 7.41. The summed E-state index contributed by atoms with van der Waals surface area (Å²) in [6.07, 6.45) is 10.5. The summed E-state index contributed by atoms with van der Waals surface area (Å²) in [4.78, 5) is 13.0. The summed E-state index contributed by atoms with van der Waals surface area (Å²) in [7, 11) is 1.73. The maximum atomic E-state index is 13.0. The lowest BCUT2D eigenvalue weighted by Crippen LogP contribution is -2.43. The highest BCUT2D eigenvalue weighted by atomic mass is 16.5. The zero-order valence-electron chi connectivity index (χ0n) is 20.3. The van der Waals surface area contributed by atoms with Crippen molar-refractivity contribution in [3.8, 4) is 5.75 Å². The summed E-state index contributed by atoms with van der Waals surface area (Å²) < 4.78 is 5.43. The van der Waals surface area contributed by atoms with Gasteiger partial charge in [-0.25, -0.2) is 0 Å². The maximum Gasteiger partial charge on any atom is 0.136 e. The van der Waals surface area contributed by atoms with Gasteiger partial charge in [0.05, 0.1) is 7.11 Å². The molecule has 2 saturated carbocycles. The molecule has 2 nitrogen and oxygen atoms in total.